The molecule has 5 heteroatoms. The van der Waals surface area contributed by atoms with Crippen LogP contribution in [-0.2, 0) is 11.2 Å². The van der Waals surface area contributed by atoms with Gasteiger partial charge in [-0.15, -0.1) is 11.3 Å². The first-order chi connectivity index (χ1) is 12.7. The maximum atomic E-state index is 12.5. The van der Waals surface area contributed by atoms with Gasteiger partial charge in [0.2, 0.25) is 0 Å². The number of hydrogen-bond acceptors (Lipinski definition) is 5. The average Bonchev–Trinajstić information content (AvgIpc) is 3.19. The zero-order valence-corrected chi connectivity index (χ0v) is 15.3. The van der Waals surface area contributed by atoms with Crippen molar-refractivity contribution in [1.82, 2.24) is 5.32 Å². The van der Waals surface area contributed by atoms with Gasteiger partial charge >= 0.3 is 0 Å². The van der Waals surface area contributed by atoms with Gasteiger partial charge in [0.25, 0.3) is 0 Å². The first-order valence-corrected chi connectivity index (χ1v) is 9.90. The summed E-state index contributed by atoms with van der Waals surface area (Å²) in [5, 5.41) is 15.9. The Kier molecular flexibility index (Phi) is 5.00. The fourth-order valence-electron chi connectivity index (χ4n) is 3.79. The lowest BCUT2D eigenvalue weighted by atomic mass is 9.86. The molecule has 2 atom stereocenters. The largest absolute Gasteiger partial charge is 0.511 e. The smallest absolute Gasteiger partial charge is 0.168 e. The Morgan fingerprint density at radius 2 is 2.12 bits per heavy atom. The van der Waals surface area contributed by atoms with Crippen LogP contribution in [0.1, 0.15) is 40.8 Å². The van der Waals surface area contributed by atoms with Crippen molar-refractivity contribution in [2.24, 2.45) is 4.99 Å². The fourth-order valence-corrected chi connectivity index (χ4v) is 4.62. The molecule has 1 aliphatic heterocycles. The number of carbonyl (C=O) groups excluding carboxylic acids is 1. The molecule has 4 nitrogen and oxygen atoms in total. The number of benzene rings is 1. The third-order valence-corrected chi connectivity index (χ3v) is 6.19. The second-order valence-electron chi connectivity index (χ2n) is 6.85. The minimum Gasteiger partial charge on any atom is -0.511 e. The summed E-state index contributed by atoms with van der Waals surface area (Å²) in [4.78, 5) is 18.1. The lowest BCUT2D eigenvalue weighted by Gasteiger charge is -2.25. The second kappa shape index (κ2) is 7.56. The first kappa shape index (κ1) is 17.2. The fraction of sp³-hybridized carbons (Fsp3) is 0.333. The minimum absolute atomic E-state index is 0.0205. The number of carbonyl (C=O) groups is 1. The van der Waals surface area contributed by atoms with Gasteiger partial charge in [0.15, 0.2) is 5.78 Å². The molecule has 0 fully saturated rings. The molecule has 1 aromatic heterocycles. The predicted molar refractivity (Wildman–Crippen MR) is 105 cm³/mol. The van der Waals surface area contributed by atoms with Gasteiger partial charge in [-0.2, -0.15) is 0 Å². The number of rotatable bonds is 4. The van der Waals surface area contributed by atoms with Gasteiger partial charge in [-0.1, -0.05) is 30.3 Å². The van der Waals surface area contributed by atoms with E-state index < -0.39 is 0 Å². The predicted octanol–water partition coefficient (Wildman–Crippen LogP) is 3.96. The third kappa shape index (κ3) is 3.50. The lowest BCUT2D eigenvalue weighted by molar-refractivity contribution is -0.116. The highest BCUT2D eigenvalue weighted by atomic mass is 32.1. The highest BCUT2D eigenvalue weighted by Gasteiger charge is 2.28. The van der Waals surface area contributed by atoms with E-state index in [1.165, 1.54) is 11.1 Å². The molecule has 2 aromatic rings. The maximum absolute atomic E-state index is 12.5. The summed E-state index contributed by atoms with van der Waals surface area (Å²) in [6.45, 7) is 1.50. The molecule has 26 heavy (non-hydrogen) atoms. The number of fused-ring (bicyclic) bond motifs is 1. The van der Waals surface area contributed by atoms with Crippen LogP contribution >= 0.6 is 11.3 Å². The summed E-state index contributed by atoms with van der Waals surface area (Å²) in [6, 6.07) is 12.6. The maximum Gasteiger partial charge on any atom is 0.168 e. The summed E-state index contributed by atoms with van der Waals surface area (Å²) < 4.78 is 0. The molecule has 1 aliphatic carbocycles. The molecule has 1 aromatic carbocycles. The molecule has 0 saturated carbocycles. The molecule has 2 unspecified atom stereocenters. The number of hydrogen-bond donors (Lipinski definition) is 2. The third-order valence-electron chi connectivity index (χ3n) is 5.15. The first-order valence-electron chi connectivity index (χ1n) is 9.02. The van der Waals surface area contributed by atoms with Crippen LogP contribution in [0.5, 0.6) is 0 Å². The average molecular weight is 366 g/mol. The van der Waals surface area contributed by atoms with E-state index in [1.807, 2.05) is 23.6 Å². The molecule has 2 heterocycles. The highest BCUT2D eigenvalue weighted by molar-refractivity contribution is 7.10. The standard InChI is InChI=1S/C21H22N2O2S/c24-19-10-15(21-6-3-9-26-21)11-20(25)17(19)12-22-13-18-16-5-2-1-4-14(16)7-8-23-18/h1-6,9,12,15,18,23-24H,7-8,10-11,13H2. The molecule has 4 rings (SSSR count). The molecule has 2 N–H and O–H groups in total. The molecule has 134 valence electrons. The van der Waals surface area contributed by atoms with Crippen LogP contribution < -0.4 is 5.32 Å². The van der Waals surface area contributed by atoms with Gasteiger partial charge in [0.1, 0.15) is 5.76 Å². The Morgan fingerprint density at radius 1 is 1.23 bits per heavy atom. The molecule has 2 aliphatic rings. The van der Waals surface area contributed by atoms with Gasteiger partial charge in [-0.05, 0) is 35.5 Å². The van der Waals surface area contributed by atoms with E-state index in [0.717, 1.165) is 17.8 Å². The molecule has 0 bridgehead atoms. The van der Waals surface area contributed by atoms with E-state index in [2.05, 4.69) is 28.5 Å². The molecule has 0 amide bonds. The minimum atomic E-state index is -0.0205. The van der Waals surface area contributed by atoms with E-state index in [1.54, 1.807) is 17.6 Å². The number of Topliss-reactive ketones (excluding diaryl/α,β-unsaturated/α-hetero) is 1. The van der Waals surface area contributed by atoms with Crippen molar-refractivity contribution in [3.63, 3.8) is 0 Å². The quantitative estimate of drug-likeness (QED) is 0.805. The molecule has 0 saturated heterocycles. The Morgan fingerprint density at radius 3 is 2.92 bits per heavy atom. The van der Waals surface area contributed by atoms with Gasteiger partial charge in [0, 0.05) is 29.9 Å². The Balaban J connectivity index is 1.46. The van der Waals surface area contributed by atoms with Crippen LogP contribution in [-0.4, -0.2) is 30.2 Å². The lowest BCUT2D eigenvalue weighted by Crippen LogP contribution is -2.31. The number of thiophene rings is 1. The van der Waals surface area contributed by atoms with Crippen LogP contribution in [0, 0.1) is 0 Å². The zero-order chi connectivity index (χ0) is 17.9. The summed E-state index contributed by atoms with van der Waals surface area (Å²) >= 11 is 1.64. The van der Waals surface area contributed by atoms with Crippen molar-refractivity contribution >= 4 is 23.3 Å². The Hall–Kier alpha value is -2.24. The summed E-state index contributed by atoms with van der Waals surface area (Å²) in [5.74, 6) is 0.236. The SMILES string of the molecule is O=C1CC(c2cccs2)CC(O)=C1C=NCC1NCCc2ccccc21. The van der Waals surface area contributed by atoms with Crippen molar-refractivity contribution in [3.8, 4) is 0 Å². The second-order valence-corrected chi connectivity index (χ2v) is 7.83. The topological polar surface area (TPSA) is 61.7 Å². The van der Waals surface area contributed by atoms with Gasteiger partial charge in [0.05, 0.1) is 18.2 Å². The van der Waals surface area contributed by atoms with E-state index in [4.69, 9.17) is 0 Å². The number of nitrogens with one attached hydrogen (secondary N) is 1. The van der Waals surface area contributed by atoms with Gasteiger partial charge in [-0.25, -0.2) is 0 Å². The number of nitrogens with zero attached hydrogens (tertiary/aromatic N) is 1. The zero-order valence-electron chi connectivity index (χ0n) is 14.5. The van der Waals surface area contributed by atoms with Gasteiger partial charge < -0.3 is 10.4 Å². The Bertz CT molecular complexity index is 855. The van der Waals surface area contributed by atoms with Crippen LogP contribution in [0.3, 0.4) is 0 Å². The molecular weight excluding hydrogens is 344 g/mol. The van der Waals surface area contributed by atoms with E-state index in [0.29, 0.717) is 25.0 Å². The van der Waals surface area contributed by atoms with E-state index in [-0.39, 0.29) is 23.5 Å². The van der Waals surface area contributed by atoms with Crippen LogP contribution in [0.15, 0.2) is 58.1 Å². The van der Waals surface area contributed by atoms with E-state index in [9.17, 15) is 9.90 Å². The van der Waals surface area contributed by atoms with Crippen molar-refractivity contribution in [1.29, 1.82) is 0 Å². The van der Waals surface area contributed by atoms with Crippen molar-refractivity contribution in [2.45, 2.75) is 31.2 Å². The number of allylic oxidation sites excluding steroid dienone is 2. The monoisotopic (exact) mass is 366 g/mol. The Labute approximate surface area is 157 Å². The van der Waals surface area contributed by atoms with Crippen LogP contribution in [0.2, 0.25) is 0 Å². The van der Waals surface area contributed by atoms with Crippen molar-refractivity contribution in [2.75, 3.05) is 13.1 Å². The molecule has 0 spiro atoms. The van der Waals surface area contributed by atoms with Crippen molar-refractivity contribution < 1.29 is 9.90 Å². The van der Waals surface area contributed by atoms with Crippen LogP contribution in [0.25, 0.3) is 0 Å². The summed E-state index contributed by atoms with van der Waals surface area (Å²) in [6.07, 6.45) is 3.56. The molecular formula is C21H22N2O2S. The number of aliphatic hydroxyl groups is 1. The van der Waals surface area contributed by atoms with Crippen LogP contribution in [0.4, 0.5) is 0 Å². The van der Waals surface area contributed by atoms with Crippen molar-refractivity contribution in [3.05, 3.63) is 69.1 Å². The normalized spacial score (nSPS) is 23.5. The number of aliphatic hydroxyl groups excluding tert-OH is 1. The highest BCUT2D eigenvalue weighted by Crippen LogP contribution is 2.35. The molecule has 0 radical (unpaired) electrons. The van der Waals surface area contributed by atoms with Gasteiger partial charge in [-0.3, -0.25) is 9.79 Å². The number of aliphatic imine (C=N–C) groups is 1. The summed E-state index contributed by atoms with van der Waals surface area (Å²) in [5.41, 5.74) is 3.02. The summed E-state index contributed by atoms with van der Waals surface area (Å²) in [7, 11) is 0. The number of ketones is 1. The van der Waals surface area contributed by atoms with E-state index >= 15 is 0 Å².